The van der Waals surface area contributed by atoms with Gasteiger partial charge >= 0.3 is 0 Å². The third kappa shape index (κ3) is 5.55. The molecule has 5 aliphatic rings. The van der Waals surface area contributed by atoms with E-state index in [1.807, 2.05) is 27.7 Å². The summed E-state index contributed by atoms with van der Waals surface area (Å²) >= 11 is 0. The first-order valence-electron chi connectivity index (χ1n) is 17.8. The Bertz CT molecular complexity index is 1380. The lowest BCUT2D eigenvalue weighted by molar-refractivity contribution is -0.317. The Labute approximate surface area is 289 Å². The van der Waals surface area contributed by atoms with Gasteiger partial charge in [0.1, 0.15) is 35.8 Å². The number of fused-ring (bicyclic) bond motifs is 5. The zero-order chi connectivity index (χ0) is 37.0. The molecule has 1 saturated heterocycles. The minimum absolute atomic E-state index is 0.00637. The van der Waals surface area contributed by atoms with Crippen molar-refractivity contribution < 1.29 is 54.5 Å². The average Bonchev–Trinajstić information content (AvgIpc) is 3.22. The van der Waals surface area contributed by atoms with Crippen LogP contribution in [0, 0.1) is 45.3 Å². The molecule has 8 N–H and O–H groups in total. The number of aliphatic hydroxyl groups excluding tert-OH is 4. The lowest BCUT2D eigenvalue weighted by atomic mass is 9.38. The highest BCUT2D eigenvalue weighted by atomic mass is 16.7. The molecule has 4 fully saturated rings. The van der Waals surface area contributed by atoms with Gasteiger partial charge in [-0.1, -0.05) is 39.3 Å². The molecule has 3 saturated carbocycles. The van der Waals surface area contributed by atoms with Crippen LogP contribution in [0.1, 0.15) is 94.4 Å². The molecule has 2 unspecified atom stereocenters. The van der Waals surface area contributed by atoms with Gasteiger partial charge in [0.2, 0.25) is 0 Å². The van der Waals surface area contributed by atoms with Crippen molar-refractivity contribution in [2.75, 3.05) is 6.61 Å². The predicted molar refractivity (Wildman–Crippen MR) is 177 cm³/mol. The maximum atomic E-state index is 14.8. The third-order valence-corrected chi connectivity index (χ3v) is 14.5. The van der Waals surface area contributed by atoms with Gasteiger partial charge in [-0.25, -0.2) is 0 Å². The van der Waals surface area contributed by atoms with Crippen molar-refractivity contribution in [3.05, 3.63) is 11.6 Å². The van der Waals surface area contributed by atoms with E-state index in [0.29, 0.717) is 12.8 Å². The van der Waals surface area contributed by atoms with Crippen LogP contribution in [-0.2, 0) is 23.9 Å². The van der Waals surface area contributed by atoms with E-state index < -0.39 is 99.9 Å². The summed E-state index contributed by atoms with van der Waals surface area (Å²) in [6, 6.07) is -0.726. The summed E-state index contributed by atoms with van der Waals surface area (Å²) < 4.78 is 12.2. The molecular formula is C37H59NO11. The average molecular weight is 694 g/mol. The van der Waals surface area contributed by atoms with Crippen LogP contribution in [0.5, 0.6) is 0 Å². The zero-order valence-corrected chi connectivity index (χ0v) is 30.5. The second-order valence-electron chi connectivity index (χ2n) is 17.9. The highest BCUT2D eigenvalue weighted by Gasteiger charge is 2.75. The van der Waals surface area contributed by atoms with E-state index in [1.54, 1.807) is 20.8 Å². The molecule has 0 amide bonds. The number of nitrogens with two attached hydrogens (primary N) is 1. The fourth-order valence-electron chi connectivity index (χ4n) is 10.8. The summed E-state index contributed by atoms with van der Waals surface area (Å²) in [5.41, 5.74) is 0.538. The lowest BCUT2D eigenvalue weighted by Gasteiger charge is -2.64. The first kappa shape index (κ1) is 38.6. The summed E-state index contributed by atoms with van der Waals surface area (Å²) in [7, 11) is 0. The minimum Gasteiger partial charge on any atom is -0.394 e. The van der Waals surface area contributed by atoms with Crippen LogP contribution in [0.2, 0.25) is 0 Å². The van der Waals surface area contributed by atoms with Crippen molar-refractivity contribution in [3.8, 4) is 0 Å². The zero-order valence-electron chi connectivity index (χ0n) is 30.5. The van der Waals surface area contributed by atoms with E-state index in [0.717, 1.165) is 5.57 Å². The highest BCUT2D eigenvalue weighted by molar-refractivity contribution is 5.95. The van der Waals surface area contributed by atoms with Crippen LogP contribution in [0.4, 0.5) is 0 Å². The maximum Gasteiger partial charge on any atom is 0.186 e. The van der Waals surface area contributed by atoms with Crippen LogP contribution >= 0.6 is 0 Å². The maximum absolute atomic E-state index is 14.8. The second-order valence-corrected chi connectivity index (χ2v) is 17.9. The summed E-state index contributed by atoms with van der Waals surface area (Å²) in [6.07, 6.45) is -5.81. The van der Waals surface area contributed by atoms with E-state index in [9.17, 15) is 45.0 Å². The lowest BCUT2D eigenvalue weighted by Crippen LogP contribution is -2.66. The standard InChI is InChI=1S/C37H59NO11/c1-17(33(4,5)46)12-24(40)37(9,47)29-21(48-31-28(44)27(43)26(42)22(16-39)49-31)14-34(6)23-11-10-18-19(13-20(38)30(45)32(18,2)3)36(23,8)25(41)15-35(29,34)7/h10,17,19-23,26-29,31,39,42-44,46-47H,11-16,38H2,1-9H3/t17?,19-,20+,21-,22-,23+,26-,27+,28-,29?,31+,34+,35-,36+,37+/m1/s1. The van der Waals surface area contributed by atoms with E-state index in [-0.39, 0.29) is 42.7 Å². The van der Waals surface area contributed by atoms with Crippen molar-refractivity contribution in [3.63, 3.8) is 0 Å². The van der Waals surface area contributed by atoms with E-state index in [1.165, 1.54) is 6.92 Å². The van der Waals surface area contributed by atoms with Crippen LogP contribution in [-0.4, -0.2) is 109 Å². The fraction of sp³-hybridized carbons (Fsp3) is 0.865. The molecule has 1 aliphatic heterocycles. The SMILES string of the molecule is CC(CC(=O)[C@](C)(O)C1[C@H](O[C@H]2O[C@H](CO)[C@@H](O)[C@H](O)[C@H]2O)C[C@@]2(C)[C@@H]3CC=C4[C@@H](C[C@H](N)C(=O)C4(C)C)[C@]3(C)C(=O)C[C@]12C)C(C)(C)O. The summed E-state index contributed by atoms with van der Waals surface area (Å²) in [6.45, 7) is 15.3. The van der Waals surface area contributed by atoms with Crippen molar-refractivity contribution in [1.29, 1.82) is 0 Å². The van der Waals surface area contributed by atoms with Gasteiger partial charge in [0.15, 0.2) is 17.9 Å². The number of hydrogen-bond acceptors (Lipinski definition) is 12. The summed E-state index contributed by atoms with van der Waals surface area (Å²) in [5, 5.41) is 64.9. The van der Waals surface area contributed by atoms with Gasteiger partial charge in [0, 0.05) is 29.6 Å². The van der Waals surface area contributed by atoms with Crippen LogP contribution < -0.4 is 5.73 Å². The van der Waals surface area contributed by atoms with Crippen molar-refractivity contribution in [1.82, 2.24) is 0 Å². The minimum atomic E-state index is -2.07. The molecule has 278 valence electrons. The number of allylic oxidation sites excluding steroid dienone is 2. The first-order valence-corrected chi connectivity index (χ1v) is 17.8. The van der Waals surface area contributed by atoms with Crippen LogP contribution in [0.25, 0.3) is 0 Å². The largest absolute Gasteiger partial charge is 0.394 e. The van der Waals surface area contributed by atoms with Crippen molar-refractivity contribution >= 4 is 17.3 Å². The van der Waals surface area contributed by atoms with Crippen LogP contribution in [0.15, 0.2) is 11.6 Å². The van der Waals surface area contributed by atoms with Crippen LogP contribution in [0.3, 0.4) is 0 Å². The topological polar surface area (TPSA) is 217 Å². The number of carbonyl (C=O) groups excluding carboxylic acids is 3. The molecule has 0 aromatic carbocycles. The van der Waals surface area contributed by atoms with E-state index in [2.05, 4.69) is 13.0 Å². The first-order chi connectivity index (χ1) is 22.3. The molecule has 49 heavy (non-hydrogen) atoms. The smallest absolute Gasteiger partial charge is 0.186 e. The van der Waals surface area contributed by atoms with E-state index in [4.69, 9.17) is 15.2 Å². The molecule has 12 nitrogen and oxygen atoms in total. The second kappa shape index (κ2) is 12.2. The quantitative estimate of drug-likeness (QED) is 0.179. The number of ether oxygens (including phenoxy) is 2. The number of hydrogen-bond donors (Lipinski definition) is 7. The Kier molecular flexibility index (Phi) is 9.64. The molecule has 1 heterocycles. The molecule has 0 bridgehead atoms. The Morgan fingerprint density at radius 1 is 1.04 bits per heavy atom. The molecule has 4 aliphatic carbocycles. The van der Waals surface area contributed by atoms with Gasteiger partial charge < -0.3 is 45.8 Å². The molecule has 5 rings (SSSR count). The van der Waals surface area contributed by atoms with E-state index >= 15 is 0 Å². The number of aliphatic hydroxyl groups is 6. The highest BCUT2D eigenvalue weighted by Crippen LogP contribution is 2.74. The summed E-state index contributed by atoms with van der Waals surface area (Å²) in [4.78, 5) is 42.2. The van der Waals surface area contributed by atoms with Gasteiger partial charge in [-0.2, -0.15) is 0 Å². The van der Waals surface area contributed by atoms with Gasteiger partial charge in [-0.3, -0.25) is 14.4 Å². The molecule has 12 heteroatoms. The molecule has 0 spiro atoms. The fourth-order valence-corrected chi connectivity index (χ4v) is 10.8. The monoisotopic (exact) mass is 693 g/mol. The summed E-state index contributed by atoms with van der Waals surface area (Å²) in [5.74, 6) is -2.76. The number of carbonyl (C=O) groups is 3. The Balaban J connectivity index is 1.62. The molecular weight excluding hydrogens is 634 g/mol. The van der Waals surface area contributed by atoms with Gasteiger partial charge in [-0.15, -0.1) is 0 Å². The normalized spacial score (nSPS) is 47.0. The molecule has 0 aromatic heterocycles. The molecule has 0 radical (unpaired) electrons. The van der Waals surface area contributed by atoms with Gasteiger partial charge in [0.25, 0.3) is 0 Å². The Morgan fingerprint density at radius 2 is 1.65 bits per heavy atom. The van der Waals surface area contributed by atoms with Crippen molar-refractivity contribution in [2.24, 2.45) is 51.1 Å². The Morgan fingerprint density at radius 3 is 2.22 bits per heavy atom. The number of ketones is 3. The van der Waals surface area contributed by atoms with Crippen molar-refractivity contribution in [2.45, 2.75) is 148 Å². The Hall–Kier alpha value is -1.61. The molecule has 15 atom stereocenters. The van der Waals surface area contributed by atoms with Gasteiger partial charge in [-0.05, 0) is 82.5 Å². The predicted octanol–water partition coefficient (Wildman–Crippen LogP) is 1.19. The molecule has 0 aromatic rings. The number of rotatable bonds is 8. The third-order valence-electron chi connectivity index (χ3n) is 14.5. The van der Waals surface area contributed by atoms with Gasteiger partial charge in [0.05, 0.1) is 24.4 Å². The number of Topliss-reactive ketones (excluding diaryl/α,β-unsaturated/α-hetero) is 3.